The van der Waals surface area contributed by atoms with Gasteiger partial charge in [-0.05, 0) is 64.7 Å². The molecule has 0 aromatic rings. The topological polar surface area (TPSA) is 40.5 Å². The highest BCUT2D eigenvalue weighted by atomic mass is 16.3. The van der Waals surface area contributed by atoms with Crippen LogP contribution in [0.15, 0.2) is 35.5 Å². The van der Waals surface area contributed by atoms with Crippen LogP contribution < -0.4 is 0 Å². The summed E-state index contributed by atoms with van der Waals surface area (Å²) in [7, 11) is 0. The van der Waals surface area contributed by atoms with Gasteiger partial charge < -0.3 is 10.2 Å². The normalized spacial score (nSPS) is 38.5. The van der Waals surface area contributed by atoms with Crippen LogP contribution in [0.5, 0.6) is 0 Å². The Morgan fingerprint density at radius 1 is 1.23 bits per heavy atom. The van der Waals surface area contributed by atoms with E-state index in [9.17, 15) is 10.2 Å². The Kier molecular flexibility index (Phi) is 7.58. The van der Waals surface area contributed by atoms with Gasteiger partial charge in [-0.1, -0.05) is 49.3 Å². The van der Waals surface area contributed by atoms with Crippen LogP contribution in [0.4, 0.5) is 0 Å². The molecule has 126 valence electrons. The number of hydrogen-bond acceptors (Lipinski definition) is 2. The van der Waals surface area contributed by atoms with Gasteiger partial charge in [-0.3, -0.25) is 0 Å². The molecule has 2 nitrogen and oxygen atoms in total. The van der Waals surface area contributed by atoms with Crippen LogP contribution in [0.3, 0.4) is 0 Å². The summed E-state index contributed by atoms with van der Waals surface area (Å²) >= 11 is 0. The average molecular weight is 306 g/mol. The molecule has 0 saturated carbocycles. The fourth-order valence-corrected chi connectivity index (χ4v) is 2.96. The lowest BCUT2D eigenvalue weighted by molar-refractivity contribution is 0.102. The second-order valence-corrected chi connectivity index (χ2v) is 7.54. The molecule has 0 saturated heterocycles. The maximum Gasteiger partial charge on any atom is 0.0802 e. The van der Waals surface area contributed by atoms with Crippen LogP contribution in [0.25, 0.3) is 0 Å². The molecule has 0 aliphatic heterocycles. The van der Waals surface area contributed by atoms with E-state index in [4.69, 9.17) is 0 Å². The first-order chi connectivity index (χ1) is 10.2. The zero-order chi connectivity index (χ0) is 16.8. The summed E-state index contributed by atoms with van der Waals surface area (Å²) in [5, 5.41) is 20.7. The first kappa shape index (κ1) is 19.2. The molecule has 0 bridgehead atoms. The number of rotatable bonds is 1. The lowest BCUT2D eigenvalue weighted by atomic mass is 9.87. The minimum atomic E-state index is -0.752. The van der Waals surface area contributed by atoms with Crippen molar-refractivity contribution in [2.45, 2.75) is 78.4 Å². The predicted molar refractivity (Wildman–Crippen MR) is 94.7 cm³/mol. The Bertz CT molecular complexity index is 427. The highest BCUT2D eigenvalue weighted by molar-refractivity contribution is 5.10. The van der Waals surface area contributed by atoms with Crippen molar-refractivity contribution in [3.05, 3.63) is 35.5 Å². The summed E-state index contributed by atoms with van der Waals surface area (Å²) in [4.78, 5) is 0. The molecule has 0 heterocycles. The van der Waals surface area contributed by atoms with Crippen LogP contribution in [-0.4, -0.2) is 21.9 Å². The van der Waals surface area contributed by atoms with Gasteiger partial charge in [0.05, 0.1) is 11.7 Å². The Hall–Kier alpha value is -0.860. The molecular formula is C20H34O2. The van der Waals surface area contributed by atoms with E-state index in [1.807, 2.05) is 19.1 Å². The molecule has 1 rings (SSSR count). The van der Waals surface area contributed by atoms with E-state index < -0.39 is 11.7 Å². The summed E-state index contributed by atoms with van der Waals surface area (Å²) < 4.78 is 0. The van der Waals surface area contributed by atoms with Crippen LogP contribution in [0.1, 0.15) is 66.7 Å². The molecule has 2 heteroatoms. The zero-order valence-corrected chi connectivity index (χ0v) is 15.0. The maximum absolute atomic E-state index is 10.5. The van der Waals surface area contributed by atoms with E-state index in [1.54, 1.807) is 0 Å². The van der Waals surface area contributed by atoms with Gasteiger partial charge in [0.25, 0.3) is 0 Å². The van der Waals surface area contributed by atoms with E-state index in [0.29, 0.717) is 18.3 Å². The lowest BCUT2D eigenvalue weighted by Gasteiger charge is -2.22. The van der Waals surface area contributed by atoms with E-state index in [1.165, 1.54) is 11.1 Å². The molecular weight excluding hydrogens is 272 g/mol. The summed E-state index contributed by atoms with van der Waals surface area (Å²) in [5.74, 6) is 1.02. The molecule has 0 amide bonds. The van der Waals surface area contributed by atoms with Crippen molar-refractivity contribution in [3.8, 4) is 0 Å². The van der Waals surface area contributed by atoms with Gasteiger partial charge in [0, 0.05) is 0 Å². The van der Waals surface area contributed by atoms with Gasteiger partial charge in [-0.2, -0.15) is 0 Å². The van der Waals surface area contributed by atoms with E-state index in [2.05, 4.69) is 39.8 Å². The number of allylic oxidation sites excluding steroid dienone is 3. The molecule has 0 spiro atoms. The largest absolute Gasteiger partial charge is 0.389 e. The van der Waals surface area contributed by atoms with Crippen molar-refractivity contribution < 1.29 is 10.2 Å². The highest BCUT2D eigenvalue weighted by Gasteiger charge is 2.18. The maximum atomic E-state index is 10.5. The first-order valence-electron chi connectivity index (χ1n) is 8.62. The smallest absolute Gasteiger partial charge is 0.0802 e. The van der Waals surface area contributed by atoms with Crippen molar-refractivity contribution in [1.29, 1.82) is 0 Å². The number of aliphatic hydroxyl groups is 2. The van der Waals surface area contributed by atoms with E-state index in [-0.39, 0.29) is 0 Å². The predicted octanol–water partition coefficient (Wildman–Crippen LogP) is 4.78. The van der Waals surface area contributed by atoms with Crippen LogP contribution >= 0.6 is 0 Å². The van der Waals surface area contributed by atoms with Crippen molar-refractivity contribution in [3.63, 3.8) is 0 Å². The van der Waals surface area contributed by atoms with Crippen LogP contribution in [0.2, 0.25) is 0 Å². The first-order valence-corrected chi connectivity index (χ1v) is 8.62. The van der Waals surface area contributed by atoms with Crippen molar-refractivity contribution in [2.24, 2.45) is 11.8 Å². The second-order valence-electron chi connectivity index (χ2n) is 7.54. The molecule has 0 radical (unpaired) electrons. The Balaban J connectivity index is 2.95. The molecule has 1 aliphatic carbocycles. The molecule has 22 heavy (non-hydrogen) atoms. The Labute approximate surface area is 136 Å². The number of aliphatic hydroxyl groups excluding tert-OH is 1. The summed E-state index contributed by atoms with van der Waals surface area (Å²) in [6.07, 6.45) is 12.2. The highest BCUT2D eigenvalue weighted by Crippen LogP contribution is 2.25. The lowest BCUT2D eigenvalue weighted by Crippen LogP contribution is -2.21. The van der Waals surface area contributed by atoms with Gasteiger partial charge in [0.15, 0.2) is 0 Å². The third-order valence-corrected chi connectivity index (χ3v) is 4.58. The van der Waals surface area contributed by atoms with Gasteiger partial charge in [-0.15, -0.1) is 0 Å². The molecule has 0 unspecified atom stereocenters. The summed E-state index contributed by atoms with van der Waals surface area (Å²) in [5.41, 5.74) is 1.69. The molecule has 2 N–H and O–H groups in total. The quantitative estimate of drug-likeness (QED) is 0.684. The molecule has 0 aromatic heterocycles. The zero-order valence-electron chi connectivity index (χ0n) is 15.0. The van der Waals surface area contributed by atoms with Crippen LogP contribution in [-0.2, 0) is 0 Å². The molecule has 1 aliphatic rings. The minimum absolute atomic E-state index is 0.396. The minimum Gasteiger partial charge on any atom is -0.389 e. The van der Waals surface area contributed by atoms with E-state index in [0.717, 1.165) is 25.7 Å². The Morgan fingerprint density at radius 3 is 2.55 bits per heavy atom. The van der Waals surface area contributed by atoms with Crippen molar-refractivity contribution in [1.82, 2.24) is 0 Å². The third-order valence-electron chi connectivity index (χ3n) is 4.58. The molecule has 0 fully saturated rings. The van der Waals surface area contributed by atoms with Crippen LogP contribution in [0, 0.1) is 11.8 Å². The SMILES string of the molecule is C/C1=C\[C@H](O)C/C(C)=C/CC[C@@](C)(O)/C=C/[C@H](C(C)C)CC1. The number of hydrogen-bond donors (Lipinski definition) is 2. The fraction of sp³-hybridized carbons (Fsp3) is 0.700. The summed E-state index contributed by atoms with van der Waals surface area (Å²) in [6, 6.07) is 0. The van der Waals surface area contributed by atoms with Crippen molar-refractivity contribution >= 4 is 0 Å². The average Bonchev–Trinajstić information content (AvgIpc) is 2.36. The van der Waals surface area contributed by atoms with Gasteiger partial charge in [-0.25, -0.2) is 0 Å². The van der Waals surface area contributed by atoms with Gasteiger partial charge in [0.2, 0.25) is 0 Å². The molecule has 3 atom stereocenters. The third kappa shape index (κ3) is 7.42. The second kappa shape index (κ2) is 8.69. The standard InChI is InChI=1S/C20H34O2/c1-15(2)18-9-8-17(4)14-19(21)13-16(3)7-6-11-20(5,22)12-10-18/h7,10,12,14-15,18-19,21-22H,6,8-9,11,13H2,1-5H3/b12-10+,16-7+,17-14+/t18-,19-,20-/m1/s1. The summed E-state index contributed by atoms with van der Waals surface area (Å²) in [6.45, 7) is 10.5. The monoisotopic (exact) mass is 306 g/mol. The fourth-order valence-electron chi connectivity index (χ4n) is 2.96. The van der Waals surface area contributed by atoms with E-state index >= 15 is 0 Å². The van der Waals surface area contributed by atoms with Crippen molar-refractivity contribution in [2.75, 3.05) is 0 Å². The van der Waals surface area contributed by atoms with Gasteiger partial charge >= 0.3 is 0 Å². The Morgan fingerprint density at radius 2 is 1.91 bits per heavy atom. The molecule has 0 aromatic carbocycles. The van der Waals surface area contributed by atoms with Gasteiger partial charge in [0.1, 0.15) is 0 Å².